The van der Waals surface area contributed by atoms with Gasteiger partial charge in [0.15, 0.2) is 34.5 Å². The summed E-state index contributed by atoms with van der Waals surface area (Å²) in [5.41, 5.74) is 6.87. The minimum Gasteiger partial charge on any atom is -0.507 e. The number of nitrogens with two attached hydrogens (primary N) is 1. The van der Waals surface area contributed by atoms with Crippen LogP contribution in [0.25, 0.3) is 71.3 Å². The van der Waals surface area contributed by atoms with Crippen molar-refractivity contribution in [1.82, 2.24) is 0 Å². The second-order valence-corrected chi connectivity index (χ2v) is 11.7. The number of rotatable bonds is 5. The Labute approximate surface area is 274 Å². The Kier molecular flexibility index (Phi) is 6.95. The molecule has 0 fully saturated rings. The van der Waals surface area contributed by atoms with Crippen LogP contribution in [0.1, 0.15) is 18.1 Å². The molecule has 238 valence electrons. The minimum atomic E-state index is -0.710. The summed E-state index contributed by atoms with van der Waals surface area (Å²) >= 11 is 0. The van der Waals surface area contributed by atoms with E-state index in [1.54, 1.807) is 56.3 Å². The Hall–Kier alpha value is -6.54. The molecule has 7 aromatic rings. The lowest BCUT2D eigenvalue weighted by atomic mass is 9.83. The molecule has 9 N–H and O–H groups in total. The van der Waals surface area contributed by atoms with Gasteiger partial charge in [-0.3, -0.25) is 0 Å². The number of allylic oxidation sites excluding steroid dienone is 3. The highest BCUT2D eigenvalue weighted by Crippen LogP contribution is 2.58. The van der Waals surface area contributed by atoms with Crippen molar-refractivity contribution < 1.29 is 35.7 Å². The van der Waals surface area contributed by atoms with E-state index < -0.39 is 34.5 Å². The molecular weight excluding hydrogens is 606 g/mol. The lowest BCUT2D eigenvalue weighted by molar-refractivity contribution is 0.373. The zero-order valence-corrected chi connectivity index (χ0v) is 25.9. The zero-order chi connectivity index (χ0) is 34.0. The van der Waals surface area contributed by atoms with Gasteiger partial charge in [0.1, 0.15) is 5.75 Å². The summed E-state index contributed by atoms with van der Waals surface area (Å²) in [5.74, 6) is -4.09. The largest absolute Gasteiger partial charge is 0.507 e. The van der Waals surface area contributed by atoms with Crippen molar-refractivity contribution >= 4 is 37.9 Å². The van der Waals surface area contributed by atoms with Crippen LogP contribution in [0.4, 0.5) is 0 Å². The second kappa shape index (κ2) is 11.1. The lowest BCUT2D eigenvalue weighted by Crippen LogP contribution is -1.96. The molecule has 0 saturated carbocycles. The van der Waals surface area contributed by atoms with Crippen molar-refractivity contribution in [2.75, 3.05) is 0 Å². The Morgan fingerprint density at radius 1 is 0.562 bits per heavy atom. The molecule has 7 rings (SSSR count). The van der Waals surface area contributed by atoms with E-state index in [0.29, 0.717) is 27.3 Å². The number of aromatic hydroxyl groups is 7. The van der Waals surface area contributed by atoms with Crippen LogP contribution < -0.4 is 5.73 Å². The zero-order valence-electron chi connectivity index (χ0n) is 25.9. The smallest absolute Gasteiger partial charge is 0.170 e. The first-order valence-corrected chi connectivity index (χ1v) is 15.2. The average Bonchev–Trinajstić information content (AvgIpc) is 3.10. The summed E-state index contributed by atoms with van der Waals surface area (Å²) in [6.07, 6.45) is 4.15. The fraction of sp³-hybridized carbons (Fsp3) is 0.0500. The Morgan fingerprint density at radius 3 is 1.62 bits per heavy atom. The highest BCUT2D eigenvalue weighted by molar-refractivity contribution is 6.29. The van der Waals surface area contributed by atoms with E-state index in [1.807, 2.05) is 42.5 Å². The van der Waals surface area contributed by atoms with Crippen molar-refractivity contribution in [3.8, 4) is 73.6 Å². The molecule has 0 bridgehead atoms. The Morgan fingerprint density at radius 2 is 1.08 bits per heavy atom. The van der Waals surface area contributed by atoms with Crippen LogP contribution in [-0.4, -0.2) is 35.7 Å². The molecule has 0 aliphatic carbocycles. The summed E-state index contributed by atoms with van der Waals surface area (Å²) < 4.78 is 0. The number of hydrogen-bond donors (Lipinski definition) is 8. The van der Waals surface area contributed by atoms with Crippen LogP contribution in [0.3, 0.4) is 0 Å². The molecule has 0 heterocycles. The van der Waals surface area contributed by atoms with Gasteiger partial charge in [-0.15, -0.1) is 0 Å². The molecule has 0 radical (unpaired) electrons. The van der Waals surface area contributed by atoms with Gasteiger partial charge in [-0.05, 0) is 86.8 Å². The molecule has 7 aromatic carbocycles. The monoisotopic (exact) mass is 637 g/mol. The second-order valence-electron chi connectivity index (χ2n) is 11.7. The van der Waals surface area contributed by atoms with Crippen molar-refractivity contribution in [2.45, 2.75) is 13.8 Å². The van der Waals surface area contributed by atoms with E-state index in [4.69, 9.17) is 5.73 Å². The minimum absolute atomic E-state index is 0.0720. The highest BCUT2D eigenvalue weighted by atomic mass is 16.3. The normalized spacial score (nSPS) is 12.2. The van der Waals surface area contributed by atoms with Crippen LogP contribution in [0, 0.1) is 6.92 Å². The first kappa shape index (κ1) is 30.1. The Bertz CT molecular complexity index is 2420. The molecule has 0 aromatic heterocycles. The van der Waals surface area contributed by atoms with Gasteiger partial charge in [0.25, 0.3) is 0 Å². The first-order chi connectivity index (χ1) is 23.1. The fourth-order valence-corrected chi connectivity index (χ4v) is 6.94. The SMILES string of the molecule is C/C=C(\C=C/N)c1c(O)c(O)c(-c2cc(-c3c(O)c(C)c(-c4ccccc4)c(O)c3O)c3ccc4cccc5ccc2c3c45)c(O)c1O. The van der Waals surface area contributed by atoms with E-state index in [2.05, 4.69) is 0 Å². The standard InChI is InChI=1S/C40H31NO7/c1-3-20(16-17-41)30-36(44)39(47)33(40(48)37(30)45)27-18-26(24-14-12-22-10-7-11-23-13-15-25(27)31(24)29(22)23)32-34(42)19(2)28(35(43)38(32)46)21-8-5-4-6-9-21/h3-18,42-48H,41H2,1-2H3/b17-16-,20-3+. The van der Waals surface area contributed by atoms with Gasteiger partial charge in [-0.25, -0.2) is 0 Å². The van der Waals surface area contributed by atoms with Gasteiger partial charge in [0.2, 0.25) is 0 Å². The summed E-state index contributed by atoms with van der Waals surface area (Å²) in [5, 5.41) is 84.8. The molecular formula is C40H31NO7. The van der Waals surface area contributed by atoms with Crippen LogP contribution in [0.5, 0.6) is 40.2 Å². The first-order valence-electron chi connectivity index (χ1n) is 15.2. The van der Waals surface area contributed by atoms with Gasteiger partial charge in [0, 0.05) is 11.1 Å². The molecule has 0 spiro atoms. The molecule has 0 amide bonds. The predicted octanol–water partition coefficient (Wildman–Crippen LogP) is 8.71. The third-order valence-corrected chi connectivity index (χ3v) is 9.18. The highest BCUT2D eigenvalue weighted by Gasteiger charge is 2.30. The molecule has 0 atom stereocenters. The average molecular weight is 638 g/mol. The topological polar surface area (TPSA) is 168 Å². The summed E-state index contributed by atoms with van der Waals surface area (Å²) in [6, 6.07) is 23.7. The predicted molar refractivity (Wildman–Crippen MR) is 190 cm³/mol. The molecule has 48 heavy (non-hydrogen) atoms. The molecule has 8 heteroatoms. The summed E-state index contributed by atoms with van der Waals surface area (Å²) in [4.78, 5) is 0. The summed E-state index contributed by atoms with van der Waals surface area (Å²) in [7, 11) is 0. The van der Waals surface area contributed by atoms with Gasteiger partial charge in [-0.2, -0.15) is 0 Å². The molecule has 0 aliphatic heterocycles. The van der Waals surface area contributed by atoms with Crippen molar-refractivity contribution in [1.29, 1.82) is 0 Å². The maximum absolute atomic E-state index is 11.8. The molecule has 0 saturated heterocycles. The fourth-order valence-electron chi connectivity index (χ4n) is 6.94. The van der Waals surface area contributed by atoms with Gasteiger partial charge < -0.3 is 41.5 Å². The van der Waals surface area contributed by atoms with Crippen molar-refractivity contribution in [3.63, 3.8) is 0 Å². The summed E-state index contributed by atoms with van der Waals surface area (Å²) in [6.45, 7) is 3.28. The third-order valence-electron chi connectivity index (χ3n) is 9.18. The lowest BCUT2D eigenvalue weighted by Gasteiger charge is -2.22. The number of hydrogen-bond acceptors (Lipinski definition) is 8. The van der Waals surface area contributed by atoms with Crippen LogP contribution in [-0.2, 0) is 0 Å². The molecule has 0 unspecified atom stereocenters. The number of phenols is 7. The van der Waals surface area contributed by atoms with E-state index in [0.717, 1.165) is 16.2 Å². The van der Waals surface area contributed by atoms with E-state index >= 15 is 0 Å². The van der Waals surface area contributed by atoms with Gasteiger partial charge in [0.05, 0.1) is 16.7 Å². The van der Waals surface area contributed by atoms with Crippen LogP contribution in [0.15, 0.2) is 97.2 Å². The number of phenolic OH excluding ortho intramolecular Hbond substituents is 7. The van der Waals surface area contributed by atoms with Crippen molar-refractivity contribution in [3.05, 3.63) is 108 Å². The van der Waals surface area contributed by atoms with E-state index in [-0.39, 0.29) is 44.7 Å². The maximum atomic E-state index is 11.8. The van der Waals surface area contributed by atoms with E-state index in [9.17, 15) is 35.7 Å². The van der Waals surface area contributed by atoms with Gasteiger partial charge >= 0.3 is 0 Å². The quantitative estimate of drug-likeness (QED) is 0.0401. The molecule has 0 aliphatic rings. The van der Waals surface area contributed by atoms with Crippen molar-refractivity contribution in [2.24, 2.45) is 5.73 Å². The number of benzene rings is 7. The van der Waals surface area contributed by atoms with Crippen LogP contribution >= 0.6 is 0 Å². The Balaban J connectivity index is 1.65. The van der Waals surface area contributed by atoms with Crippen LogP contribution in [0.2, 0.25) is 0 Å². The van der Waals surface area contributed by atoms with E-state index in [1.165, 1.54) is 12.3 Å². The van der Waals surface area contributed by atoms with Gasteiger partial charge in [-0.1, -0.05) is 78.9 Å². The third kappa shape index (κ3) is 4.16. The maximum Gasteiger partial charge on any atom is 0.170 e. The molecule has 8 nitrogen and oxygen atoms in total.